The van der Waals surface area contributed by atoms with Crippen molar-refractivity contribution >= 4 is 23.3 Å². The van der Waals surface area contributed by atoms with Gasteiger partial charge in [-0.3, -0.25) is 0 Å². The zero-order valence-electron chi connectivity index (χ0n) is 23.0. The SMILES string of the molecule is C=CC.CC.CC.CCCC.CCCC1(c2nnc(-c3ccc(NC(N)=O)cc3Cl)n2C)CC1. The summed E-state index contributed by atoms with van der Waals surface area (Å²) in [5.74, 6) is 1.77. The van der Waals surface area contributed by atoms with Crippen molar-refractivity contribution in [1.29, 1.82) is 0 Å². The number of allylic oxidation sites excluding steroid dienone is 1. The second kappa shape index (κ2) is 19.0. The third kappa shape index (κ3) is 10.7. The Kier molecular flexibility index (Phi) is 18.9. The Labute approximate surface area is 213 Å². The van der Waals surface area contributed by atoms with Crippen LogP contribution in [0.2, 0.25) is 5.02 Å². The van der Waals surface area contributed by atoms with Gasteiger partial charge in [0.05, 0.1) is 5.02 Å². The van der Waals surface area contributed by atoms with Crippen LogP contribution in [0.5, 0.6) is 0 Å². The number of unbranched alkanes of at least 4 members (excludes halogenated alkanes) is 1. The summed E-state index contributed by atoms with van der Waals surface area (Å²) >= 11 is 6.35. The molecular formula is C27H48ClN5O. The third-order valence-corrected chi connectivity index (χ3v) is 5.22. The van der Waals surface area contributed by atoms with Crippen LogP contribution < -0.4 is 11.1 Å². The van der Waals surface area contributed by atoms with Gasteiger partial charge >= 0.3 is 6.03 Å². The molecule has 0 saturated heterocycles. The lowest BCUT2D eigenvalue weighted by molar-refractivity contribution is 0.259. The minimum absolute atomic E-state index is 0.189. The van der Waals surface area contributed by atoms with Crippen molar-refractivity contribution in [2.75, 3.05) is 5.32 Å². The number of nitrogens with zero attached hydrogens (tertiary/aromatic N) is 3. The van der Waals surface area contributed by atoms with Crippen molar-refractivity contribution in [1.82, 2.24) is 14.8 Å². The molecule has 34 heavy (non-hydrogen) atoms. The Bertz CT molecular complexity index is 826. The molecule has 0 spiro atoms. The number of urea groups is 1. The first kappa shape index (κ1) is 33.8. The lowest BCUT2D eigenvalue weighted by atomic mass is 10.00. The predicted molar refractivity (Wildman–Crippen MR) is 150 cm³/mol. The molecular weight excluding hydrogens is 446 g/mol. The van der Waals surface area contributed by atoms with Crippen LogP contribution in [0.15, 0.2) is 30.9 Å². The lowest BCUT2D eigenvalue weighted by Gasteiger charge is -2.14. The number of primary amides is 1. The van der Waals surface area contributed by atoms with Crippen LogP contribution in [-0.4, -0.2) is 20.8 Å². The Hall–Kier alpha value is -2.34. The fraction of sp³-hybridized carbons (Fsp3) is 0.593. The highest BCUT2D eigenvalue weighted by molar-refractivity contribution is 6.33. The standard InChI is InChI=1S/C16H20ClN5O.C4H10.C3H6.2C2H6/c1-3-6-16(7-8-16)14-21-20-13(22(14)2)11-5-4-10(9-12(11)17)19-15(18)23;1-3-4-2;1-3-2;2*1-2/h4-5,9H,3,6-8H2,1-2H3,(H3,18,19,23);3-4H2,1-2H3;3H,1H2,2H3;2*1-2H3. The molecule has 1 saturated carbocycles. The molecule has 0 atom stereocenters. The van der Waals surface area contributed by atoms with E-state index < -0.39 is 6.03 Å². The smallest absolute Gasteiger partial charge is 0.316 e. The van der Waals surface area contributed by atoms with Gasteiger partial charge in [0.15, 0.2) is 5.82 Å². The van der Waals surface area contributed by atoms with Gasteiger partial charge in [0.25, 0.3) is 0 Å². The van der Waals surface area contributed by atoms with E-state index in [9.17, 15) is 4.79 Å². The molecule has 0 radical (unpaired) electrons. The van der Waals surface area contributed by atoms with E-state index in [-0.39, 0.29) is 5.41 Å². The summed E-state index contributed by atoms with van der Waals surface area (Å²) in [4.78, 5) is 10.9. The van der Waals surface area contributed by atoms with Crippen LogP contribution in [0.4, 0.5) is 10.5 Å². The third-order valence-electron chi connectivity index (χ3n) is 4.91. The average molecular weight is 494 g/mol. The molecule has 2 amide bonds. The van der Waals surface area contributed by atoms with Gasteiger partial charge in [-0.05, 0) is 44.4 Å². The van der Waals surface area contributed by atoms with Gasteiger partial charge < -0.3 is 15.6 Å². The number of hydrogen-bond donors (Lipinski definition) is 2. The summed E-state index contributed by atoms with van der Waals surface area (Å²) in [5.41, 5.74) is 6.65. The van der Waals surface area contributed by atoms with Gasteiger partial charge in [0, 0.05) is 23.7 Å². The quantitative estimate of drug-likeness (QED) is 0.395. The number of benzene rings is 1. The van der Waals surface area contributed by atoms with E-state index in [4.69, 9.17) is 17.3 Å². The Balaban J connectivity index is 0. The number of amides is 2. The lowest BCUT2D eigenvalue weighted by Crippen LogP contribution is -2.19. The number of hydrogen-bond acceptors (Lipinski definition) is 3. The van der Waals surface area contributed by atoms with Crippen LogP contribution in [0.1, 0.15) is 99.7 Å². The fourth-order valence-electron chi connectivity index (χ4n) is 3.16. The maximum Gasteiger partial charge on any atom is 0.316 e. The number of halogens is 1. The van der Waals surface area contributed by atoms with Crippen molar-refractivity contribution in [3.63, 3.8) is 0 Å². The Morgan fingerprint density at radius 1 is 1.15 bits per heavy atom. The van der Waals surface area contributed by atoms with Crippen LogP contribution in [0, 0.1) is 0 Å². The predicted octanol–water partition coefficient (Wildman–Crippen LogP) is 8.51. The van der Waals surface area contributed by atoms with E-state index in [1.54, 1.807) is 18.2 Å². The number of aromatic nitrogens is 3. The molecule has 194 valence electrons. The minimum Gasteiger partial charge on any atom is -0.351 e. The summed E-state index contributed by atoms with van der Waals surface area (Å²) in [5, 5.41) is 11.8. The number of carbonyl (C=O) groups is 1. The monoisotopic (exact) mass is 493 g/mol. The molecule has 1 aliphatic rings. The van der Waals surface area contributed by atoms with Gasteiger partial charge in [0.2, 0.25) is 0 Å². The zero-order valence-corrected chi connectivity index (χ0v) is 23.7. The van der Waals surface area contributed by atoms with E-state index in [1.807, 2.05) is 52.3 Å². The highest BCUT2D eigenvalue weighted by Gasteiger charge is 2.47. The van der Waals surface area contributed by atoms with Gasteiger partial charge in [-0.15, -0.1) is 16.8 Å². The highest BCUT2D eigenvalue weighted by Crippen LogP contribution is 2.51. The van der Waals surface area contributed by atoms with Crippen LogP contribution >= 0.6 is 11.6 Å². The molecule has 1 aliphatic carbocycles. The fourth-order valence-corrected chi connectivity index (χ4v) is 3.42. The second-order valence-electron chi connectivity index (χ2n) is 7.53. The number of carbonyl (C=O) groups excluding carboxylic acids is 1. The Morgan fingerprint density at radius 2 is 1.68 bits per heavy atom. The number of anilines is 1. The highest BCUT2D eigenvalue weighted by atomic mass is 35.5. The largest absolute Gasteiger partial charge is 0.351 e. The second-order valence-corrected chi connectivity index (χ2v) is 7.94. The first-order valence-corrected chi connectivity index (χ1v) is 13.0. The first-order chi connectivity index (χ1) is 16.3. The zero-order chi connectivity index (χ0) is 26.7. The van der Waals surface area contributed by atoms with E-state index in [2.05, 4.69) is 42.9 Å². The molecule has 0 aliphatic heterocycles. The summed E-state index contributed by atoms with van der Waals surface area (Å²) < 4.78 is 2.03. The van der Waals surface area contributed by atoms with E-state index >= 15 is 0 Å². The van der Waals surface area contributed by atoms with Crippen LogP contribution in [-0.2, 0) is 12.5 Å². The normalized spacial score (nSPS) is 12.1. The van der Waals surface area contributed by atoms with Crippen molar-refractivity contribution in [3.8, 4) is 11.4 Å². The van der Waals surface area contributed by atoms with Crippen molar-refractivity contribution in [3.05, 3.63) is 41.7 Å². The van der Waals surface area contributed by atoms with E-state index in [0.717, 1.165) is 30.1 Å². The van der Waals surface area contributed by atoms with E-state index in [1.165, 1.54) is 25.7 Å². The maximum atomic E-state index is 10.9. The van der Waals surface area contributed by atoms with Crippen LogP contribution in [0.25, 0.3) is 11.4 Å². The summed E-state index contributed by atoms with van der Waals surface area (Å²) in [7, 11) is 1.98. The first-order valence-electron chi connectivity index (χ1n) is 12.6. The number of nitrogens with two attached hydrogens (primary N) is 1. The van der Waals surface area contributed by atoms with Crippen molar-refractivity contribution in [2.45, 2.75) is 99.3 Å². The number of rotatable bonds is 6. The molecule has 2 aromatic rings. The summed E-state index contributed by atoms with van der Waals surface area (Å²) in [6.45, 7) is 19.8. The van der Waals surface area contributed by atoms with Crippen molar-refractivity contribution < 1.29 is 4.79 Å². The van der Waals surface area contributed by atoms with Gasteiger partial charge in [-0.2, -0.15) is 0 Å². The molecule has 0 unspecified atom stereocenters. The van der Waals surface area contributed by atoms with Crippen LogP contribution in [0.3, 0.4) is 0 Å². The maximum absolute atomic E-state index is 10.9. The topological polar surface area (TPSA) is 85.8 Å². The molecule has 0 bridgehead atoms. The molecule has 6 nitrogen and oxygen atoms in total. The van der Waals surface area contributed by atoms with Gasteiger partial charge in [-0.1, -0.05) is 85.4 Å². The molecule has 1 aromatic heterocycles. The Morgan fingerprint density at radius 3 is 2.06 bits per heavy atom. The van der Waals surface area contributed by atoms with E-state index in [0.29, 0.717) is 10.7 Å². The number of nitrogens with one attached hydrogen (secondary N) is 1. The van der Waals surface area contributed by atoms with Gasteiger partial charge in [-0.25, -0.2) is 4.79 Å². The molecule has 1 aromatic carbocycles. The summed E-state index contributed by atoms with van der Waals surface area (Å²) in [6, 6.07) is 4.61. The molecule has 7 heteroatoms. The molecule has 3 N–H and O–H groups in total. The summed E-state index contributed by atoms with van der Waals surface area (Å²) in [6.07, 6.45) is 8.99. The molecule has 1 heterocycles. The van der Waals surface area contributed by atoms with Gasteiger partial charge in [0.1, 0.15) is 5.82 Å². The average Bonchev–Trinajstić information content (AvgIpc) is 3.50. The minimum atomic E-state index is -0.620. The molecule has 1 fully saturated rings. The molecule has 3 rings (SSSR count). The van der Waals surface area contributed by atoms with Crippen molar-refractivity contribution in [2.24, 2.45) is 12.8 Å².